The fourth-order valence-electron chi connectivity index (χ4n) is 2.27. The number of hydrogen-bond acceptors (Lipinski definition) is 3. The van der Waals surface area contributed by atoms with E-state index in [1.807, 2.05) is 0 Å². The largest absolute Gasteiger partial charge is 0.505 e. The van der Waals surface area contributed by atoms with Gasteiger partial charge in [-0.1, -0.05) is 11.6 Å². The predicted octanol–water partition coefficient (Wildman–Crippen LogP) is 3.24. The molecule has 0 radical (unpaired) electrons. The van der Waals surface area contributed by atoms with Crippen LogP contribution in [0.4, 0.5) is 13.2 Å². The molecule has 21 heavy (non-hydrogen) atoms. The molecule has 1 aliphatic heterocycles. The maximum absolute atomic E-state index is 13.4. The smallest absolute Gasteiger partial charge is 0.258 e. The Morgan fingerprint density at radius 2 is 1.76 bits per heavy atom. The molecule has 1 aliphatic rings. The van der Waals surface area contributed by atoms with E-state index >= 15 is 0 Å². The minimum absolute atomic E-state index is 0. The first-order valence-electron chi connectivity index (χ1n) is 5.92. The van der Waals surface area contributed by atoms with Gasteiger partial charge in [-0.25, -0.2) is 13.2 Å². The van der Waals surface area contributed by atoms with Crippen molar-refractivity contribution in [2.24, 2.45) is 0 Å². The zero-order chi connectivity index (χ0) is 14.0. The zero-order valence-electron chi connectivity index (χ0n) is 10.9. The van der Waals surface area contributed by atoms with Gasteiger partial charge in [0.2, 0.25) is 0 Å². The van der Waals surface area contributed by atoms with Crippen LogP contribution in [0.15, 0.2) is 12.1 Å². The molecular formula is C12H16Cl3F3N2O. The Balaban J connectivity index is 0.00000200. The second kappa shape index (κ2) is 8.90. The molecule has 1 aromatic carbocycles. The molecular weight excluding hydrogens is 351 g/mol. The first-order valence-corrected chi connectivity index (χ1v) is 6.30. The minimum atomic E-state index is -2.76. The van der Waals surface area contributed by atoms with Crippen LogP contribution in [0.3, 0.4) is 0 Å². The van der Waals surface area contributed by atoms with Gasteiger partial charge in [0, 0.05) is 36.8 Å². The first kappa shape index (κ1) is 20.6. The fourth-order valence-corrected chi connectivity index (χ4v) is 2.53. The Kier molecular flexibility index (Phi) is 8.73. The molecule has 0 amide bonds. The van der Waals surface area contributed by atoms with E-state index in [2.05, 4.69) is 5.32 Å². The summed E-state index contributed by atoms with van der Waals surface area (Å²) >= 11 is 5.86. The van der Waals surface area contributed by atoms with Gasteiger partial charge < -0.3 is 10.4 Å². The molecule has 2 rings (SSSR count). The maximum atomic E-state index is 13.4. The van der Waals surface area contributed by atoms with Crippen LogP contribution < -0.4 is 5.32 Å². The van der Waals surface area contributed by atoms with Crippen LogP contribution in [0.25, 0.3) is 0 Å². The summed E-state index contributed by atoms with van der Waals surface area (Å²) in [5, 5.41) is 12.7. The predicted molar refractivity (Wildman–Crippen MR) is 80.8 cm³/mol. The highest BCUT2D eigenvalue weighted by Gasteiger charge is 2.34. The van der Waals surface area contributed by atoms with Gasteiger partial charge in [-0.2, -0.15) is 0 Å². The minimum Gasteiger partial charge on any atom is -0.505 e. The summed E-state index contributed by atoms with van der Waals surface area (Å²) in [6, 6.07) is 0.746. The second-order valence-electron chi connectivity index (χ2n) is 4.36. The van der Waals surface area contributed by atoms with Crippen LogP contribution in [0.1, 0.15) is 11.6 Å². The van der Waals surface area contributed by atoms with E-state index in [4.69, 9.17) is 11.6 Å². The van der Waals surface area contributed by atoms with Crippen molar-refractivity contribution in [3.05, 3.63) is 28.5 Å². The Labute approximate surface area is 138 Å². The fraction of sp³-hybridized carbons (Fsp3) is 0.500. The van der Waals surface area contributed by atoms with Crippen molar-refractivity contribution in [2.75, 3.05) is 26.2 Å². The lowest BCUT2D eigenvalue weighted by Gasteiger charge is -2.35. The molecule has 1 saturated heterocycles. The third kappa shape index (κ3) is 4.53. The van der Waals surface area contributed by atoms with Gasteiger partial charge in [0.15, 0.2) is 11.6 Å². The van der Waals surface area contributed by atoms with Crippen molar-refractivity contribution in [3.8, 4) is 5.75 Å². The number of phenols is 1. The Bertz CT molecular complexity index is 460. The number of nitrogens with zero attached hydrogens (tertiary/aromatic N) is 1. The highest BCUT2D eigenvalue weighted by atomic mass is 35.5. The molecule has 0 aromatic heterocycles. The molecule has 1 fully saturated rings. The van der Waals surface area contributed by atoms with Gasteiger partial charge in [-0.3, -0.25) is 4.90 Å². The van der Waals surface area contributed by atoms with Crippen molar-refractivity contribution in [1.82, 2.24) is 10.2 Å². The highest BCUT2D eigenvalue weighted by Crippen LogP contribution is 2.39. The van der Waals surface area contributed by atoms with E-state index in [-0.39, 0.29) is 35.4 Å². The molecule has 3 nitrogen and oxygen atoms in total. The van der Waals surface area contributed by atoms with Crippen molar-refractivity contribution < 1.29 is 18.3 Å². The Hall–Kier alpha value is -0.400. The highest BCUT2D eigenvalue weighted by molar-refractivity contribution is 6.31. The van der Waals surface area contributed by atoms with Crippen molar-refractivity contribution in [3.63, 3.8) is 0 Å². The third-order valence-corrected chi connectivity index (χ3v) is 3.52. The molecule has 0 aliphatic carbocycles. The number of hydrogen-bond donors (Lipinski definition) is 2. The summed E-state index contributed by atoms with van der Waals surface area (Å²) in [6.07, 6.45) is -2.76. The molecule has 1 atom stereocenters. The third-order valence-electron chi connectivity index (χ3n) is 3.19. The van der Waals surface area contributed by atoms with Gasteiger partial charge in [0.05, 0.1) is 0 Å². The number of piperazine rings is 1. The van der Waals surface area contributed by atoms with E-state index in [1.54, 1.807) is 0 Å². The van der Waals surface area contributed by atoms with E-state index in [9.17, 15) is 18.3 Å². The second-order valence-corrected chi connectivity index (χ2v) is 4.76. The standard InChI is InChI=1S/C12H14ClF3N2O.2ClH/c13-7-1-2-8(14)11(19)9(7)10(12(15)16)18-5-3-17-4-6-18;;/h1-2,10,12,17,19H,3-6H2;2*1H/t10-;;/m0../s1. The van der Waals surface area contributed by atoms with Crippen molar-refractivity contribution >= 4 is 36.4 Å². The molecule has 0 unspecified atom stereocenters. The van der Waals surface area contributed by atoms with Crippen LogP contribution in [-0.4, -0.2) is 42.6 Å². The van der Waals surface area contributed by atoms with Crippen LogP contribution in [0.5, 0.6) is 5.75 Å². The molecule has 1 heterocycles. The summed E-state index contributed by atoms with van der Waals surface area (Å²) in [5.41, 5.74) is -0.237. The molecule has 1 aromatic rings. The number of nitrogens with one attached hydrogen (secondary N) is 1. The van der Waals surface area contributed by atoms with E-state index in [0.717, 1.165) is 6.07 Å². The van der Waals surface area contributed by atoms with E-state index < -0.39 is 24.0 Å². The molecule has 122 valence electrons. The van der Waals surface area contributed by atoms with E-state index in [1.165, 1.54) is 11.0 Å². The summed E-state index contributed by atoms with van der Waals surface area (Å²) in [7, 11) is 0. The number of halogens is 6. The monoisotopic (exact) mass is 366 g/mol. The lowest BCUT2D eigenvalue weighted by atomic mass is 10.0. The van der Waals surface area contributed by atoms with Crippen LogP contribution in [-0.2, 0) is 0 Å². The molecule has 9 heteroatoms. The molecule has 2 N–H and O–H groups in total. The summed E-state index contributed by atoms with van der Waals surface area (Å²) in [4.78, 5) is 1.50. The SMILES string of the molecule is Cl.Cl.Oc1c(F)ccc(Cl)c1[C@@H](C(F)F)N1CCNCC1. The van der Waals surface area contributed by atoms with Gasteiger partial charge in [0.25, 0.3) is 6.43 Å². The van der Waals surface area contributed by atoms with Crippen molar-refractivity contribution in [1.29, 1.82) is 0 Å². The Morgan fingerprint density at radius 1 is 1.19 bits per heavy atom. The van der Waals surface area contributed by atoms with Crippen LogP contribution in [0.2, 0.25) is 5.02 Å². The molecule has 0 saturated carbocycles. The lowest BCUT2D eigenvalue weighted by Crippen LogP contribution is -2.47. The summed E-state index contributed by atoms with van der Waals surface area (Å²) in [5.74, 6) is -1.74. The lowest BCUT2D eigenvalue weighted by molar-refractivity contribution is 0.0168. The van der Waals surface area contributed by atoms with Gasteiger partial charge in [-0.05, 0) is 12.1 Å². The molecule has 0 bridgehead atoms. The van der Waals surface area contributed by atoms with Gasteiger partial charge >= 0.3 is 0 Å². The van der Waals surface area contributed by atoms with Crippen LogP contribution in [0, 0.1) is 5.82 Å². The average molecular weight is 368 g/mol. The van der Waals surface area contributed by atoms with Crippen molar-refractivity contribution in [2.45, 2.75) is 12.5 Å². The maximum Gasteiger partial charge on any atom is 0.258 e. The normalized spacial score (nSPS) is 17.0. The zero-order valence-corrected chi connectivity index (χ0v) is 13.2. The molecule has 0 spiro atoms. The number of alkyl halides is 2. The number of phenolic OH excluding ortho intramolecular Hbond substituents is 1. The first-order chi connectivity index (χ1) is 9.02. The Morgan fingerprint density at radius 3 is 2.29 bits per heavy atom. The number of benzene rings is 1. The quantitative estimate of drug-likeness (QED) is 0.861. The number of rotatable bonds is 3. The average Bonchev–Trinajstić information content (AvgIpc) is 2.39. The van der Waals surface area contributed by atoms with E-state index in [0.29, 0.717) is 26.2 Å². The summed E-state index contributed by atoms with van der Waals surface area (Å²) in [6.45, 7) is 1.91. The number of aromatic hydroxyl groups is 1. The topological polar surface area (TPSA) is 35.5 Å². The van der Waals surface area contributed by atoms with Gasteiger partial charge in [0.1, 0.15) is 6.04 Å². The van der Waals surface area contributed by atoms with Gasteiger partial charge in [-0.15, -0.1) is 24.8 Å². The summed E-state index contributed by atoms with van der Waals surface area (Å²) < 4.78 is 40.0. The van der Waals surface area contributed by atoms with Crippen LogP contribution >= 0.6 is 36.4 Å².